The van der Waals surface area contributed by atoms with Gasteiger partial charge < -0.3 is 15.0 Å². The SMILES string of the molecule is CCn1c(SCC(=O)NCCCc2ccc(O)cc2)nnc1-c1cccc(C)c1. The molecule has 0 atom stereocenters. The summed E-state index contributed by atoms with van der Waals surface area (Å²) < 4.78 is 2.04. The van der Waals surface area contributed by atoms with Crippen LogP contribution in [0.3, 0.4) is 0 Å². The van der Waals surface area contributed by atoms with E-state index >= 15 is 0 Å². The van der Waals surface area contributed by atoms with E-state index in [9.17, 15) is 9.90 Å². The molecule has 0 aliphatic rings. The minimum atomic E-state index is -0.0107. The predicted octanol–water partition coefficient (Wildman–Crippen LogP) is 3.82. The van der Waals surface area contributed by atoms with Crippen LogP contribution in [0.1, 0.15) is 24.5 Å². The van der Waals surface area contributed by atoms with Crippen LogP contribution >= 0.6 is 11.8 Å². The van der Waals surface area contributed by atoms with E-state index in [0.29, 0.717) is 12.3 Å². The first-order valence-electron chi connectivity index (χ1n) is 9.74. The van der Waals surface area contributed by atoms with Crippen LogP contribution in [0.5, 0.6) is 5.75 Å². The fourth-order valence-corrected chi connectivity index (χ4v) is 3.87. The first-order valence-corrected chi connectivity index (χ1v) is 10.7. The molecule has 2 aromatic carbocycles. The predicted molar refractivity (Wildman–Crippen MR) is 116 cm³/mol. The molecule has 0 saturated carbocycles. The van der Waals surface area contributed by atoms with Crippen LogP contribution in [-0.2, 0) is 17.8 Å². The quantitative estimate of drug-likeness (QED) is 0.414. The van der Waals surface area contributed by atoms with E-state index in [2.05, 4.69) is 41.5 Å². The molecule has 0 saturated heterocycles. The molecular formula is C22H26N4O2S. The molecule has 152 valence electrons. The Balaban J connectivity index is 1.48. The molecule has 1 aromatic heterocycles. The first-order chi connectivity index (χ1) is 14.1. The van der Waals surface area contributed by atoms with E-state index in [-0.39, 0.29) is 11.7 Å². The van der Waals surface area contributed by atoms with Crippen LogP contribution < -0.4 is 5.32 Å². The van der Waals surface area contributed by atoms with Crippen molar-refractivity contribution >= 4 is 17.7 Å². The van der Waals surface area contributed by atoms with Crippen LogP contribution in [-0.4, -0.2) is 38.1 Å². The number of rotatable bonds is 9. The van der Waals surface area contributed by atoms with Gasteiger partial charge in [0.2, 0.25) is 5.91 Å². The highest BCUT2D eigenvalue weighted by molar-refractivity contribution is 7.99. The Hall–Kier alpha value is -2.80. The summed E-state index contributed by atoms with van der Waals surface area (Å²) in [7, 11) is 0. The summed E-state index contributed by atoms with van der Waals surface area (Å²) >= 11 is 1.40. The average Bonchev–Trinajstić information content (AvgIpc) is 3.14. The number of amides is 1. The summed E-state index contributed by atoms with van der Waals surface area (Å²) in [5, 5.41) is 21.6. The van der Waals surface area contributed by atoms with Crippen molar-refractivity contribution in [2.45, 2.75) is 38.4 Å². The van der Waals surface area contributed by atoms with E-state index in [4.69, 9.17) is 0 Å². The van der Waals surface area contributed by atoms with Crippen LogP contribution in [0.2, 0.25) is 0 Å². The lowest BCUT2D eigenvalue weighted by atomic mass is 10.1. The average molecular weight is 411 g/mol. The Labute approximate surface area is 175 Å². The van der Waals surface area contributed by atoms with Crippen molar-refractivity contribution in [3.05, 3.63) is 59.7 Å². The molecule has 0 aliphatic heterocycles. The third-order valence-corrected chi connectivity index (χ3v) is 5.51. The van der Waals surface area contributed by atoms with E-state index < -0.39 is 0 Å². The number of carbonyl (C=O) groups excluding carboxylic acids is 1. The molecule has 7 heteroatoms. The second kappa shape index (κ2) is 10.1. The number of thioether (sulfide) groups is 1. The summed E-state index contributed by atoms with van der Waals surface area (Å²) in [6, 6.07) is 15.3. The zero-order chi connectivity index (χ0) is 20.6. The number of carbonyl (C=O) groups is 1. The summed E-state index contributed by atoms with van der Waals surface area (Å²) in [6.45, 7) is 5.47. The van der Waals surface area contributed by atoms with Gasteiger partial charge in [0.15, 0.2) is 11.0 Å². The van der Waals surface area contributed by atoms with Crippen LogP contribution in [0, 0.1) is 6.92 Å². The largest absolute Gasteiger partial charge is 0.508 e. The molecule has 1 amide bonds. The number of phenolic OH excluding ortho intramolecular Hbond substituents is 1. The lowest BCUT2D eigenvalue weighted by molar-refractivity contribution is -0.118. The standard InChI is InChI=1S/C22H26N4O2S/c1-3-26-21(18-8-4-6-16(2)14-18)24-25-22(26)29-15-20(28)23-13-5-7-17-9-11-19(27)12-10-17/h4,6,8-12,14,27H,3,5,7,13,15H2,1-2H3,(H,23,28). The lowest BCUT2D eigenvalue weighted by Crippen LogP contribution is -2.26. The number of aromatic hydroxyl groups is 1. The molecule has 0 bridgehead atoms. The van der Waals surface area contributed by atoms with Crippen molar-refractivity contribution in [1.29, 1.82) is 0 Å². The molecule has 2 N–H and O–H groups in total. The molecule has 0 aliphatic carbocycles. The summed E-state index contributed by atoms with van der Waals surface area (Å²) in [5.74, 6) is 1.39. The number of hydrogen-bond donors (Lipinski definition) is 2. The second-order valence-corrected chi connectivity index (χ2v) is 7.77. The molecular weight excluding hydrogens is 384 g/mol. The van der Waals surface area contributed by atoms with E-state index in [1.807, 2.05) is 28.8 Å². The van der Waals surface area contributed by atoms with Gasteiger partial charge in [0.1, 0.15) is 5.75 Å². The fourth-order valence-electron chi connectivity index (χ4n) is 3.04. The molecule has 3 rings (SSSR count). The number of benzene rings is 2. The summed E-state index contributed by atoms with van der Waals surface area (Å²) in [5.41, 5.74) is 3.35. The highest BCUT2D eigenvalue weighted by atomic mass is 32.2. The molecule has 1 heterocycles. The van der Waals surface area contributed by atoms with Crippen molar-refractivity contribution in [3.63, 3.8) is 0 Å². The van der Waals surface area contributed by atoms with Gasteiger partial charge in [-0.05, 0) is 50.5 Å². The first kappa shape index (κ1) is 20.9. The number of aryl methyl sites for hydroxylation is 2. The number of hydrogen-bond acceptors (Lipinski definition) is 5. The highest BCUT2D eigenvalue weighted by Crippen LogP contribution is 2.24. The highest BCUT2D eigenvalue weighted by Gasteiger charge is 2.14. The van der Waals surface area contributed by atoms with Gasteiger partial charge in [0.25, 0.3) is 0 Å². The van der Waals surface area contributed by atoms with E-state index in [0.717, 1.165) is 41.5 Å². The van der Waals surface area contributed by atoms with Gasteiger partial charge >= 0.3 is 0 Å². The van der Waals surface area contributed by atoms with Gasteiger partial charge in [-0.1, -0.05) is 47.7 Å². The molecule has 0 radical (unpaired) electrons. The van der Waals surface area contributed by atoms with Crippen LogP contribution in [0.4, 0.5) is 0 Å². The van der Waals surface area contributed by atoms with Gasteiger partial charge in [-0.15, -0.1) is 10.2 Å². The van der Waals surface area contributed by atoms with Crippen LogP contribution in [0.15, 0.2) is 53.7 Å². The smallest absolute Gasteiger partial charge is 0.230 e. The molecule has 0 fully saturated rings. The summed E-state index contributed by atoms with van der Waals surface area (Å²) in [6.07, 6.45) is 1.71. The Kier molecular flexibility index (Phi) is 7.30. The van der Waals surface area contributed by atoms with Crippen molar-refractivity contribution < 1.29 is 9.90 Å². The zero-order valence-electron chi connectivity index (χ0n) is 16.8. The van der Waals surface area contributed by atoms with E-state index in [1.165, 1.54) is 17.3 Å². The Bertz CT molecular complexity index is 954. The number of phenols is 1. The number of aromatic nitrogens is 3. The number of nitrogens with one attached hydrogen (secondary N) is 1. The van der Waals surface area contributed by atoms with Crippen molar-refractivity contribution in [2.24, 2.45) is 0 Å². The van der Waals surface area contributed by atoms with Gasteiger partial charge in [-0.25, -0.2) is 0 Å². The maximum absolute atomic E-state index is 12.2. The topological polar surface area (TPSA) is 80.0 Å². The maximum Gasteiger partial charge on any atom is 0.230 e. The zero-order valence-corrected chi connectivity index (χ0v) is 17.6. The summed E-state index contributed by atoms with van der Waals surface area (Å²) in [4.78, 5) is 12.2. The molecule has 0 unspecified atom stereocenters. The van der Waals surface area contributed by atoms with E-state index in [1.54, 1.807) is 12.1 Å². The van der Waals surface area contributed by atoms with Gasteiger partial charge in [0.05, 0.1) is 5.75 Å². The molecule has 3 aromatic rings. The molecule has 0 spiro atoms. The molecule has 6 nitrogen and oxygen atoms in total. The van der Waals surface area contributed by atoms with Gasteiger partial charge in [-0.3, -0.25) is 4.79 Å². The second-order valence-electron chi connectivity index (χ2n) is 6.83. The minimum absolute atomic E-state index is 0.0107. The van der Waals surface area contributed by atoms with Gasteiger partial charge in [-0.2, -0.15) is 0 Å². The normalized spacial score (nSPS) is 10.8. The Morgan fingerprint density at radius 1 is 1.17 bits per heavy atom. The number of nitrogens with zero attached hydrogens (tertiary/aromatic N) is 3. The van der Waals surface area contributed by atoms with Crippen molar-refractivity contribution in [3.8, 4) is 17.1 Å². The monoisotopic (exact) mass is 410 g/mol. The molecule has 29 heavy (non-hydrogen) atoms. The lowest BCUT2D eigenvalue weighted by Gasteiger charge is -2.08. The Morgan fingerprint density at radius 3 is 2.69 bits per heavy atom. The maximum atomic E-state index is 12.2. The minimum Gasteiger partial charge on any atom is -0.508 e. The van der Waals surface area contributed by atoms with Crippen molar-refractivity contribution in [1.82, 2.24) is 20.1 Å². The van der Waals surface area contributed by atoms with Crippen LogP contribution in [0.25, 0.3) is 11.4 Å². The fraction of sp³-hybridized carbons (Fsp3) is 0.318. The Morgan fingerprint density at radius 2 is 1.97 bits per heavy atom. The third-order valence-electron chi connectivity index (χ3n) is 4.54. The third kappa shape index (κ3) is 5.84. The van der Waals surface area contributed by atoms with Gasteiger partial charge in [0, 0.05) is 18.7 Å². The van der Waals surface area contributed by atoms with Crippen molar-refractivity contribution in [2.75, 3.05) is 12.3 Å².